The maximum absolute atomic E-state index is 12.0. The topological polar surface area (TPSA) is 64.3 Å². The molecule has 4 nitrogen and oxygen atoms in total. The average Bonchev–Trinajstić information content (AvgIpc) is 2.50. The lowest BCUT2D eigenvalue weighted by molar-refractivity contribution is 0.0954. The molecular formula is C17H20N2O2. The highest BCUT2D eigenvalue weighted by molar-refractivity contribution is 5.94. The lowest BCUT2D eigenvalue weighted by Crippen LogP contribution is -2.25. The summed E-state index contributed by atoms with van der Waals surface area (Å²) in [6.45, 7) is 3.14. The zero-order valence-electron chi connectivity index (χ0n) is 12.1. The highest BCUT2D eigenvalue weighted by atomic mass is 16.5. The summed E-state index contributed by atoms with van der Waals surface area (Å²) in [4.78, 5) is 12.0. The molecule has 0 saturated carbocycles. The minimum Gasteiger partial charge on any atom is -0.494 e. The number of carbonyl (C=O) groups excluding carboxylic acids is 1. The van der Waals surface area contributed by atoms with Gasteiger partial charge in [-0.25, -0.2) is 0 Å². The summed E-state index contributed by atoms with van der Waals surface area (Å²) in [6, 6.07) is 14.8. The summed E-state index contributed by atoms with van der Waals surface area (Å²) in [6.07, 6.45) is 0.781. The van der Waals surface area contributed by atoms with Crippen LogP contribution in [-0.4, -0.2) is 19.1 Å². The molecule has 0 aromatic heterocycles. The van der Waals surface area contributed by atoms with E-state index in [1.54, 1.807) is 24.3 Å². The van der Waals surface area contributed by atoms with Gasteiger partial charge < -0.3 is 15.8 Å². The Morgan fingerprint density at radius 1 is 1.10 bits per heavy atom. The molecule has 0 unspecified atom stereocenters. The third-order valence-electron chi connectivity index (χ3n) is 3.11. The quantitative estimate of drug-likeness (QED) is 0.801. The number of hydrogen-bond donors (Lipinski definition) is 2. The van der Waals surface area contributed by atoms with Crippen LogP contribution in [0.3, 0.4) is 0 Å². The monoisotopic (exact) mass is 284 g/mol. The van der Waals surface area contributed by atoms with Gasteiger partial charge in [0.1, 0.15) is 5.75 Å². The Hall–Kier alpha value is -2.49. The largest absolute Gasteiger partial charge is 0.494 e. The van der Waals surface area contributed by atoms with Gasteiger partial charge in [-0.1, -0.05) is 12.1 Å². The molecule has 0 aliphatic heterocycles. The highest BCUT2D eigenvalue weighted by Crippen LogP contribution is 2.12. The van der Waals surface area contributed by atoms with Crippen molar-refractivity contribution in [1.82, 2.24) is 5.32 Å². The molecule has 110 valence electrons. The minimum absolute atomic E-state index is 0.0755. The number of rotatable bonds is 6. The van der Waals surface area contributed by atoms with Crippen molar-refractivity contribution in [2.75, 3.05) is 18.9 Å². The first-order chi connectivity index (χ1) is 10.2. The van der Waals surface area contributed by atoms with Crippen LogP contribution >= 0.6 is 0 Å². The van der Waals surface area contributed by atoms with Gasteiger partial charge in [-0.2, -0.15) is 0 Å². The van der Waals surface area contributed by atoms with Crippen LogP contribution in [-0.2, 0) is 6.42 Å². The lowest BCUT2D eigenvalue weighted by Gasteiger charge is -2.07. The van der Waals surface area contributed by atoms with Crippen LogP contribution < -0.4 is 15.8 Å². The predicted octanol–water partition coefficient (Wildman–Crippen LogP) is 2.64. The van der Waals surface area contributed by atoms with E-state index >= 15 is 0 Å². The third kappa shape index (κ3) is 4.53. The number of hydrogen-bond acceptors (Lipinski definition) is 3. The van der Waals surface area contributed by atoms with Gasteiger partial charge >= 0.3 is 0 Å². The minimum atomic E-state index is -0.0755. The molecule has 0 heterocycles. The Kier molecular flexibility index (Phi) is 5.21. The predicted molar refractivity (Wildman–Crippen MR) is 84.5 cm³/mol. The van der Waals surface area contributed by atoms with E-state index in [1.165, 1.54) is 0 Å². The zero-order valence-corrected chi connectivity index (χ0v) is 12.1. The lowest BCUT2D eigenvalue weighted by atomic mass is 10.1. The molecule has 3 N–H and O–H groups in total. The molecule has 2 aromatic carbocycles. The molecule has 0 fully saturated rings. The second-order valence-electron chi connectivity index (χ2n) is 4.70. The van der Waals surface area contributed by atoms with Crippen molar-refractivity contribution in [1.29, 1.82) is 0 Å². The first-order valence-corrected chi connectivity index (χ1v) is 7.04. The fraction of sp³-hybridized carbons (Fsp3) is 0.235. The fourth-order valence-electron chi connectivity index (χ4n) is 1.98. The molecule has 1 amide bonds. The van der Waals surface area contributed by atoms with E-state index in [1.807, 2.05) is 31.2 Å². The molecule has 0 aliphatic rings. The standard InChI is InChI=1S/C17H20N2O2/c1-2-21-16-9-5-14(6-10-16)17(20)19-12-11-13-3-7-15(18)8-4-13/h3-10H,2,11-12,18H2,1H3,(H,19,20). The van der Waals surface area contributed by atoms with Crippen LogP contribution in [0.15, 0.2) is 48.5 Å². The second kappa shape index (κ2) is 7.33. The van der Waals surface area contributed by atoms with Crippen molar-refractivity contribution >= 4 is 11.6 Å². The molecule has 0 radical (unpaired) electrons. The molecule has 0 atom stereocenters. The highest BCUT2D eigenvalue weighted by Gasteiger charge is 2.05. The zero-order chi connectivity index (χ0) is 15.1. The van der Waals surface area contributed by atoms with Gasteiger partial charge in [0.25, 0.3) is 5.91 Å². The number of amides is 1. The number of anilines is 1. The Morgan fingerprint density at radius 3 is 2.38 bits per heavy atom. The van der Waals surface area contributed by atoms with Crippen molar-refractivity contribution < 1.29 is 9.53 Å². The molecular weight excluding hydrogens is 264 g/mol. The van der Waals surface area contributed by atoms with Gasteiger partial charge in [0.05, 0.1) is 6.61 Å². The number of carbonyl (C=O) groups is 1. The van der Waals surface area contributed by atoms with Gasteiger partial charge in [-0.3, -0.25) is 4.79 Å². The number of benzene rings is 2. The van der Waals surface area contributed by atoms with E-state index in [9.17, 15) is 4.79 Å². The molecule has 4 heteroatoms. The Labute approximate surface area is 124 Å². The number of ether oxygens (including phenoxy) is 1. The summed E-state index contributed by atoms with van der Waals surface area (Å²) in [7, 11) is 0. The number of nitrogen functional groups attached to an aromatic ring is 1. The molecule has 0 spiro atoms. The molecule has 0 bridgehead atoms. The summed E-state index contributed by atoms with van der Waals surface area (Å²) in [5, 5.41) is 2.90. The maximum atomic E-state index is 12.0. The van der Waals surface area contributed by atoms with Gasteiger partial charge in [0.15, 0.2) is 0 Å². The van der Waals surface area contributed by atoms with E-state index in [2.05, 4.69) is 5.32 Å². The van der Waals surface area contributed by atoms with Gasteiger partial charge in [0.2, 0.25) is 0 Å². The summed E-state index contributed by atoms with van der Waals surface area (Å²) < 4.78 is 5.35. The average molecular weight is 284 g/mol. The fourth-order valence-corrected chi connectivity index (χ4v) is 1.98. The van der Waals surface area contributed by atoms with Crippen LogP contribution in [0.25, 0.3) is 0 Å². The van der Waals surface area contributed by atoms with Crippen molar-refractivity contribution in [3.05, 3.63) is 59.7 Å². The maximum Gasteiger partial charge on any atom is 0.251 e. The first kappa shape index (κ1) is 14.9. The third-order valence-corrected chi connectivity index (χ3v) is 3.11. The number of nitrogens with two attached hydrogens (primary N) is 1. The Balaban J connectivity index is 1.82. The molecule has 2 aromatic rings. The van der Waals surface area contributed by atoms with Crippen LogP contribution in [0.4, 0.5) is 5.69 Å². The van der Waals surface area contributed by atoms with Crippen molar-refractivity contribution in [2.24, 2.45) is 0 Å². The number of nitrogens with one attached hydrogen (secondary N) is 1. The van der Waals surface area contributed by atoms with Gasteiger partial charge in [-0.15, -0.1) is 0 Å². The van der Waals surface area contributed by atoms with E-state index in [-0.39, 0.29) is 5.91 Å². The Bertz CT molecular complexity index is 577. The molecule has 0 saturated heterocycles. The van der Waals surface area contributed by atoms with Gasteiger partial charge in [0, 0.05) is 17.8 Å². The van der Waals surface area contributed by atoms with Gasteiger partial charge in [-0.05, 0) is 55.3 Å². The molecule has 0 aliphatic carbocycles. The first-order valence-electron chi connectivity index (χ1n) is 7.04. The Morgan fingerprint density at radius 2 is 1.76 bits per heavy atom. The molecule has 2 rings (SSSR count). The SMILES string of the molecule is CCOc1ccc(C(=O)NCCc2ccc(N)cc2)cc1. The summed E-state index contributed by atoms with van der Waals surface area (Å²) in [5.41, 5.74) is 8.16. The summed E-state index contributed by atoms with van der Waals surface area (Å²) in [5.74, 6) is 0.699. The van der Waals surface area contributed by atoms with E-state index in [0.717, 1.165) is 23.4 Å². The molecule has 21 heavy (non-hydrogen) atoms. The van der Waals surface area contributed by atoms with E-state index in [0.29, 0.717) is 18.7 Å². The van der Waals surface area contributed by atoms with Crippen molar-refractivity contribution in [2.45, 2.75) is 13.3 Å². The normalized spacial score (nSPS) is 10.1. The van der Waals surface area contributed by atoms with Crippen molar-refractivity contribution in [3.63, 3.8) is 0 Å². The van der Waals surface area contributed by atoms with Crippen LogP contribution in [0.2, 0.25) is 0 Å². The summed E-state index contributed by atoms with van der Waals surface area (Å²) >= 11 is 0. The van der Waals surface area contributed by atoms with Crippen LogP contribution in [0.1, 0.15) is 22.8 Å². The second-order valence-corrected chi connectivity index (χ2v) is 4.70. The van der Waals surface area contributed by atoms with Crippen LogP contribution in [0, 0.1) is 0 Å². The van der Waals surface area contributed by atoms with Crippen molar-refractivity contribution in [3.8, 4) is 5.75 Å². The van der Waals surface area contributed by atoms with E-state index < -0.39 is 0 Å². The smallest absolute Gasteiger partial charge is 0.251 e. The van der Waals surface area contributed by atoms with E-state index in [4.69, 9.17) is 10.5 Å². The van der Waals surface area contributed by atoms with Crippen LogP contribution in [0.5, 0.6) is 5.75 Å².